The van der Waals surface area contributed by atoms with Gasteiger partial charge in [-0.1, -0.05) is 54.6 Å². The van der Waals surface area contributed by atoms with E-state index >= 15 is 0 Å². The van der Waals surface area contributed by atoms with Gasteiger partial charge < -0.3 is 9.30 Å². The Morgan fingerprint density at radius 2 is 1.48 bits per heavy atom. The van der Waals surface area contributed by atoms with Gasteiger partial charge in [0.2, 0.25) is 5.78 Å². The summed E-state index contributed by atoms with van der Waals surface area (Å²) in [6.07, 6.45) is 0. The standard InChI is InChI=1S/C22H17NO4/c1-3-27-22(26)17-16-19(23(2)18(17)13-9-5-4-6-10-13)21(25)15-12-8-7-11-14(15)20(16)24/h4-12H,3H2,1-2H3. The molecular weight excluding hydrogens is 342 g/mol. The van der Waals surface area contributed by atoms with Crippen LogP contribution in [-0.2, 0) is 11.8 Å². The van der Waals surface area contributed by atoms with E-state index in [1.54, 1.807) is 42.8 Å². The third-order valence-corrected chi connectivity index (χ3v) is 4.78. The van der Waals surface area contributed by atoms with E-state index in [-0.39, 0.29) is 35.0 Å². The minimum atomic E-state index is -0.603. The Bertz CT molecular complexity index is 1090. The van der Waals surface area contributed by atoms with Crippen LogP contribution in [0.1, 0.15) is 49.3 Å². The summed E-state index contributed by atoms with van der Waals surface area (Å²) in [4.78, 5) is 39.1. The molecule has 0 radical (unpaired) electrons. The van der Waals surface area contributed by atoms with Crippen LogP contribution in [-0.4, -0.2) is 28.7 Å². The summed E-state index contributed by atoms with van der Waals surface area (Å²) in [5.41, 5.74) is 2.40. The van der Waals surface area contributed by atoms with Crippen molar-refractivity contribution in [1.82, 2.24) is 4.57 Å². The summed E-state index contributed by atoms with van der Waals surface area (Å²) in [5.74, 6) is -1.20. The molecule has 0 amide bonds. The molecule has 0 N–H and O–H groups in total. The van der Waals surface area contributed by atoms with E-state index < -0.39 is 5.97 Å². The minimum absolute atomic E-state index is 0.124. The van der Waals surface area contributed by atoms with Gasteiger partial charge in [0.05, 0.1) is 23.4 Å². The zero-order valence-corrected chi connectivity index (χ0v) is 15.0. The molecule has 0 saturated carbocycles. The van der Waals surface area contributed by atoms with E-state index in [9.17, 15) is 14.4 Å². The molecule has 2 aromatic carbocycles. The molecule has 1 aromatic heterocycles. The van der Waals surface area contributed by atoms with Crippen molar-refractivity contribution in [2.45, 2.75) is 6.92 Å². The molecule has 0 atom stereocenters. The van der Waals surface area contributed by atoms with E-state index in [4.69, 9.17) is 4.74 Å². The fraction of sp³-hybridized carbons (Fsp3) is 0.136. The first kappa shape index (κ1) is 17.0. The van der Waals surface area contributed by atoms with Crippen LogP contribution in [0.15, 0.2) is 54.6 Å². The Kier molecular flexibility index (Phi) is 4.00. The molecule has 27 heavy (non-hydrogen) atoms. The SMILES string of the molecule is CCOC(=O)c1c2c(n(C)c1-c1ccccc1)C(=O)c1ccccc1C2=O. The molecule has 134 valence electrons. The van der Waals surface area contributed by atoms with E-state index in [0.717, 1.165) is 5.56 Å². The maximum absolute atomic E-state index is 13.2. The number of aromatic nitrogens is 1. The first-order valence-corrected chi connectivity index (χ1v) is 8.69. The zero-order valence-electron chi connectivity index (χ0n) is 15.0. The van der Waals surface area contributed by atoms with Crippen LogP contribution in [0.5, 0.6) is 0 Å². The Hall–Kier alpha value is -3.47. The normalized spacial score (nSPS) is 12.5. The molecule has 5 heteroatoms. The van der Waals surface area contributed by atoms with Crippen LogP contribution >= 0.6 is 0 Å². The van der Waals surface area contributed by atoms with Crippen LogP contribution in [0.2, 0.25) is 0 Å². The first-order valence-electron chi connectivity index (χ1n) is 8.69. The van der Waals surface area contributed by atoms with E-state index in [0.29, 0.717) is 16.8 Å². The summed E-state index contributed by atoms with van der Waals surface area (Å²) in [6, 6.07) is 15.9. The summed E-state index contributed by atoms with van der Waals surface area (Å²) in [7, 11) is 1.70. The summed E-state index contributed by atoms with van der Waals surface area (Å²) in [5, 5.41) is 0. The van der Waals surface area contributed by atoms with Gasteiger partial charge >= 0.3 is 5.97 Å². The number of esters is 1. The molecule has 5 nitrogen and oxygen atoms in total. The average molecular weight is 359 g/mol. The maximum atomic E-state index is 13.2. The highest BCUT2D eigenvalue weighted by Gasteiger charge is 2.39. The fourth-order valence-corrected chi connectivity index (χ4v) is 3.65. The largest absolute Gasteiger partial charge is 0.462 e. The van der Waals surface area contributed by atoms with Crippen molar-refractivity contribution in [2.75, 3.05) is 6.61 Å². The van der Waals surface area contributed by atoms with Gasteiger partial charge in [0.25, 0.3) is 0 Å². The van der Waals surface area contributed by atoms with E-state index in [1.807, 2.05) is 30.3 Å². The zero-order chi connectivity index (χ0) is 19.1. The Morgan fingerprint density at radius 3 is 2.11 bits per heavy atom. The summed E-state index contributed by atoms with van der Waals surface area (Å²) >= 11 is 0. The predicted octanol–water partition coefficient (Wildman–Crippen LogP) is 3.64. The van der Waals surface area contributed by atoms with Crippen LogP contribution < -0.4 is 0 Å². The molecule has 1 heterocycles. The first-order chi connectivity index (χ1) is 13.1. The fourth-order valence-electron chi connectivity index (χ4n) is 3.65. The monoisotopic (exact) mass is 359 g/mol. The van der Waals surface area contributed by atoms with Crippen LogP contribution in [0.3, 0.4) is 0 Å². The highest BCUT2D eigenvalue weighted by Crippen LogP contribution is 2.37. The molecule has 1 aliphatic rings. The molecule has 0 fully saturated rings. The second-order valence-electron chi connectivity index (χ2n) is 6.30. The number of carbonyl (C=O) groups excluding carboxylic acids is 3. The second-order valence-corrected chi connectivity index (χ2v) is 6.30. The number of benzene rings is 2. The highest BCUT2D eigenvalue weighted by atomic mass is 16.5. The number of fused-ring (bicyclic) bond motifs is 2. The smallest absolute Gasteiger partial charge is 0.341 e. The number of ketones is 2. The van der Waals surface area contributed by atoms with Crippen LogP contribution in [0.25, 0.3) is 11.3 Å². The van der Waals surface area contributed by atoms with E-state index in [1.165, 1.54) is 0 Å². The van der Waals surface area contributed by atoms with Gasteiger partial charge in [0.1, 0.15) is 5.69 Å². The Morgan fingerprint density at radius 1 is 0.889 bits per heavy atom. The lowest BCUT2D eigenvalue weighted by Crippen LogP contribution is -2.23. The Labute approximate surface area is 156 Å². The number of nitrogens with zero attached hydrogens (tertiary/aromatic N) is 1. The van der Waals surface area contributed by atoms with Crippen molar-refractivity contribution in [3.63, 3.8) is 0 Å². The van der Waals surface area contributed by atoms with E-state index in [2.05, 4.69) is 0 Å². The van der Waals surface area contributed by atoms with Gasteiger partial charge in [-0.3, -0.25) is 9.59 Å². The number of hydrogen-bond donors (Lipinski definition) is 0. The third kappa shape index (κ3) is 2.43. The topological polar surface area (TPSA) is 65.4 Å². The molecular formula is C22H17NO4. The molecule has 0 unspecified atom stereocenters. The van der Waals surface area contributed by atoms with Crippen molar-refractivity contribution >= 4 is 17.5 Å². The lowest BCUT2D eigenvalue weighted by molar-refractivity contribution is 0.0524. The van der Waals surface area contributed by atoms with Gasteiger partial charge in [-0.15, -0.1) is 0 Å². The highest BCUT2D eigenvalue weighted by molar-refractivity contribution is 6.31. The molecule has 0 bridgehead atoms. The van der Waals surface area contributed by atoms with Crippen LogP contribution in [0.4, 0.5) is 0 Å². The lowest BCUT2D eigenvalue weighted by atomic mass is 9.86. The molecule has 0 spiro atoms. The number of ether oxygens (including phenoxy) is 1. The average Bonchev–Trinajstić information content (AvgIpc) is 3.00. The van der Waals surface area contributed by atoms with Gasteiger partial charge in [-0.25, -0.2) is 4.79 Å². The number of hydrogen-bond acceptors (Lipinski definition) is 4. The molecule has 3 aromatic rings. The van der Waals surface area contributed by atoms with Gasteiger partial charge in [-0.05, 0) is 12.5 Å². The molecule has 1 aliphatic carbocycles. The van der Waals surface area contributed by atoms with Crippen LogP contribution in [0, 0.1) is 0 Å². The van der Waals surface area contributed by atoms with Crippen molar-refractivity contribution < 1.29 is 19.1 Å². The number of rotatable bonds is 3. The summed E-state index contributed by atoms with van der Waals surface area (Å²) in [6.45, 7) is 1.88. The predicted molar refractivity (Wildman–Crippen MR) is 100 cm³/mol. The van der Waals surface area contributed by atoms with Gasteiger partial charge in [-0.2, -0.15) is 0 Å². The van der Waals surface area contributed by atoms with Crippen molar-refractivity contribution in [1.29, 1.82) is 0 Å². The summed E-state index contributed by atoms with van der Waals surface area (Å²) < 4.78 is 6.86. The Balaban J connectivity index is 2.08. The molecule has 4 rings (SSSR count). The quantitative estimate of drug-likeness (QED) is 0.524. The lowest BCUT2D eigenvalue weighted by Gasteiger charge is -2.16. The van der Waals surface area contributed by atoms with Crippen molar-refractivity contribution in [3.8, 4) is 11.3 Å². The number of carbonyl (C=O) groups is 3. The van der Waals surface area contributed by atoms with Gasteiger partial charge in [0.15, 0.2) is 5.78 Å². The van der Waals surface area contributed by atoms with Gasteiger partial charge in [0, 0.05) is 18.2 Å². The van der Waals surface area contributed by atoms with Crippen molar-refractivity contribution in [2.24, 2.45) is 7.05 Å². The van der Waals surface area contributed by atoms with Crippen molar-refractivity contribution in [3.05, 3.63) is 82.5 Å². The molecule has 0 aliphatic heterocycles. The second kappa shape index (κ2) is 6.36. The maximum Gasteiger partial charge on any atom is 0.341 e. The minimum Gasteiger partial charge on any atom is -0.462 e. The third-order valence-electron chi connectivity index (χ3n) is 4.78. The molecule has 0 saturated heterocycles.